The molecule has 142 valence electrons. The Morgan fingerprint density at radius 3 is 1.74 bits per heavy atom. The molecule has 0 unspecified atom stereocenters. The molecular weight excluding hydrogens is 395 g/mol. The minimum absolute atomic E-state index is 0.494. The maximum atomic E-state index is 12.6. The van der Waals surface area contributed by atoms with Crippen LogP contribution in [-0.2, 0) is 28.5 Å². The van der Waals surface area contributed by atoms with Crippen LogP contribution < -0.4 is 0 Å². The molecule has 0 saturated carbocycles. The summed E-state index contributed by atoms with van der Waals surface area (Å²) in [6.45, 7) is 0. The SMILES string of the molecule is COC(=O)C1(C(=O)OC)O[C@H](c2ccc(Cl)cc2)O[C@@H]1c1ccc(Cl)cc1. The van der Waals surface area contributed by atoms with Crippen molar-refractivity contribution in [3.8, 4) is 0 Å². The smallest absolute Gasteiger partial charge is 0.353 e. The zero-order valence-corrected chi connectivity index (χ0v) is 16.0. The molecule has 6 nitrogen and oxygen atoms in total. The van der Waals surface area contributed by atoms with E-state index in [-0.39, 0.29) is 0 Å². The van der Waals surface area contributed by atoms with Crippen LogP contribution in [0.2, 0.25) is 10.0 Å². The van der Waals surface area contributed by atoms with Gasteiger partial charge in [-0.25, -0.2) is 9.59 Å². The van der Waals surface area contributed by atoms with Gasteiger partial charge in [-0.1, -0.05) is 47.5 Å². The molecule has 1 fully saturated rings. The minimum Gasteiger partial charge on any atom is -0.466 e. The van der Waals surface area contributed by atoms with Gasteiger partial charge in [0.25, 0.3) is 5.60 Å². The fourth-order valence-corrected chi connectivity index (χ4v) is 3.14. The molecule has 1 aliphatic heterocycles. The first-order valence-electron chi connectivity index (χ1n) is 7.93. The number of esters is 2. The summed E-state index contributed by atoms with van der Waals surface area (Å²) < 4.78 is 21.5. The first-order valence-corrected chi connectivity index (χ1v) is 8.69. The molecule has 1 heterocycles. The van der Waals surface area contributed by atoms with E-state index in [9.17, 15) is 9.59 Å². The van der Waals surface area contributed by atoms with E-state index < -0.39 is 29.9 Å². The molecule has 2 aromatic carbocycles. The molecule has 1 aliphatic rings. The largest absolute Gasteiger partial charge is 0.466 e. The molecule has 0 N–H and O–H groups in total. The van der Waals surface area contributed by atoms with Crippen LogP contribution in [0.4, 0.5) is 0 Å². The molecular formula is C19H16Cl2O6. The van der Waals surface area contributed by atoms with Gasteiger partial charge in [0.1, 0.15) is 6.10 Å². The van der Waals surface area contributed by atoms with Gasteiger partial charge >= 0.3 is 11.9 Å². The third-order valence-electron chi connectivity index (χ3n) is 4.21. The fourth-order valence-electron chi connectivity index (χ4n) is 2.89. The van der Waals surface area contributed by atoms with Gasteiger partial charge in [0.15, 0.2) is 6.29 Å². The Morgan fingerprint density at radius 1 is 0.852 bits per heavy atom. The Balaban J connectivity index is 2.10. The van der Waals surface area contributed by atoms with Gasteiger partial charge < -0.3 is 18.9 Å². The highest BCUT2D eigenvalue weighted by atomic mass is 35.5. The average molecular weight is 411 g/mol. The van der Waals surface area contributed by atoms with Crippen LogP contribution in [0.1, 0.15) is 23.5 Å². The molecule has 0 amide bonds. The lowest BCUT2D eigenvalue weighted by Gasteiger charge is -2.27. The number of carbonyl (C=O) groups is 2. The topological polar surface area (TPSA) is 71.1 Å². The molecule has 0 aliphatic carbocycles. The van der Waals surface area contributed by atoms with Crippen LogP contribution >= 0.6 is 23.2 Å². The summed E-state index contributed by atoms with van der Waals surface area (Å²) in [7, 11) is 2.32. The van der Waals surface area contributed by atoms with E-state index >= 15 is 0 Å². The molecule has 8 heteroatoms. The molecule has 2 atom stereocenters. The first kappa shape index (κ1) is 19.6. The van der Waals surface area contributed by atoms with Gasteiger partial charge in [-0.15, -0.1) is 0 Å². The van der Waals surface area contributed by atoms with Gasteiger partial charge in [-0.3, -0.25) is 0 Å². The van der Waals surface area contributed by atoms with Crippen molar-refractivity contribution in [1.82, 2.24) is 0 Å². The maximum absolute atomic E-state index is 12.6. The van der Waals surface area contributed by atoms with Gasteiger partial charge in [-0.05, 0) is 29.8 Å². The minimum atomic E-state index is -2.12. The summed E-state index contributed by atoms with van der Waals surface area (Å²) in [6, 6.07) is 13.2. The summed E-state index contributed by atoms with van der Waals surface area (Å²) in [4.78, 5) is 25.3. The second-order valence-corrected chi connectivity index (χ2v) is 6.66. The van der Waals surface area contributed by atoms with Crippen molar-refractivity contribution in [3.63, 3.8) is 0 Å². The number of methoxy groups -OCH3 is 2. The van der Waals surface area contributed by atoms with Crippen molar-refractivity contribution < 1.29 is 28.5 Å². The highest BCUT2D eigenvalue weighted by Crippen LogP contribution is 2.48. The van der Waals surface area contributed by atoms with Crippen molar-refractivity contribution in [2.45, 2.75) is 18.0 Å². The van der Waals surface area contributed by atoms with Crippen LogP contribution in [-0.4, -0.2) is 31.8 Å². The summed E-state index contributed by atoms with van der Waals surface area (Å²) in [5, 5.41) is 1.02. The molecule has 2 aromatic rings. The van der Waals surface area contributed by atoms with Crippen molar-refractivity contribution in [1.29, 1.82) is 0 Å². The molecule has 1 saturated heterocycles. The molecule has 0 aromatic heterocycles. The van der Waals surface area contributed by atoms with E-state index in [1.54, 1.807) is 48.5 Å². The van der Waals surface area contributed by atoms with Crippen molar-refractivity contribution >= 4 is 35.1 Å². The Hall–Kier alpha value is -2.12. The number of halogens is 2. The summed E-state index contributed by atoms with van der Waals surface area (Å²) in [5.41, 5.74) is -1.04. The van der Waals surface area contributed by atoms with Crippen LogP contribution in [0.15, 0.2) is 48.5 Å². The van der Waals surface area contributed by atoms with E-state index in [4.69, 9.17) is 42.1 Å². The average Bonchev–Trinajstić information content (AvgIpc) is 3.09. The molecule has 0 spiro atoms. The maximum Gasteiger partial charge on any atom is 0.353 e. The van der Waals surface area contributed by atoms with E-state index in [0.29, 0.717) is 21.2 Å². The number of hydrogen-bond donors (Lipinski definition) is 0. The Labute approximate surface area is 165 Å². The van der Waals surface area contributed by atoms with E-state index in [1.165, 1.54) is 0 Å². The lowest BCUT2D eigenvalue weighted by atomic mass is 9.91. The third-order valence-corrected chi connectivity index (χ3v) is 4.72. The van der Waals surface area contributed by atoms with Crippen LogP contribution in [0, 0.1) is 0 Å². The lowest BCUT2D eigenvalue weighted by Crippen LogP contribution is -2.52. The van der Waals surface area contributed by atoms with E-state index in [1.807, 2.05) is 0 Å². The molecule has 3 rings (SSSR count). The monoisotopic (exact) mass is 410 g/mol. The number of rotatable bonds is 4. The second kappa shape index (κ2) is 7.86. The number of carbonyl (C=O) groups excluding carboxylic acids is 2. The normalized spacial score (nSPS) is 20.9. The van der Waals surface area contributed by atoms with Gasteiger partial charge in [-0.2, -0.15) is 0 Å². The summed E-state index contributed by atoms with van der Waals surface area (Å²) in [6.07, 6.45) is -2.11. The Bertz CT molecular complexity index is 818. The lowest BCUT2D eigenvalue weighted by molar-refractivity contribution is -0.188. The zero-order valence-electron chi connectivity index (χ0n) is 14.5. The quantitative estimate of drug-likeness (QED) is 0.562. The predicted molar refractivity (Wildman–Crippen MR) is 97.3 cm³/mol. The predicted octanol–water partition coefficient (Wildman–Crippen LogP) is 3.86. The number of ether oxygens (including phenoxy) is 4. The van der Waals surface area contributed by atoms with Gasteiger partial charge in [0.05, 0.1) is 14.2 Å². The van der Waals surface area contributed by atoms with E-state index in [2.05, 4.69) is 0 Å². The van der Waals surface area contributed by atoms with E-state index in [0.717, 1.165) is 14.2 Å². The van der Waals surface area contributed by atoms with Crippen molar-refractivity contribution in [2.75, 3.05) is 14.2 Å². The van der Waals surface area contributed by atoms with Crippen molar-refractivity contribution in [2.24, 2.45) is 0 Å². The van der Waals surface area contributed by atoms with Crippen LogP contribution in [0.3, 0.4) is 0 Å². The highest BCUT2D eigenvalue weighted by Gasteiger charge is 2.64. The Kier molecular flexibility index (Phi) is 5.72. The fraction of sp³-hybridized carbons (Fsp3) is 0.263. The molecule has 0 bridgehead atoms. The first-order chi connectivity index (χ1) is 12.9. The standard InChI is InChI=1S/C19H16Cl2O6/c1-24-17(22)19(18(23)25-2)15(11-3-7-13(20)8-4-11)26-16(27-19)12-5-9-14(21)10-6-12/h3-10,15-16H,1-2H3/t15-,16-/m1/s1. The highest BCUT2D eigenvalue weighted by molar-refractivity contribution is 6.30. The van der Waals surface area contributed by atoms with Crippen molar-refractivity contribution in [3.05, 3.63) is 69.7 Å². The van der Waals surface area contributed by atoms with Gasteiger partial charge in [0.2, 0.25) is 0 Å². The summed E-state index contributed by atoms with van der Waals surface area (Å²) >= 11 is 11.9. The molecule has 0 radical (unpaired) electrons. The third kappa shape index (κ3) is 3.53. The van der Waals surface area contributed by atoms with Gasteiger partial charge in [0, 0.05) is 15.6 Å². The Morgan fingerprint density at radius 2 is 1.30 bits per heavy atom. The number of benzene rings is 2. The van der Waals surface area contributed by atoms with Crippen LogP contribution in [0.5, 0.6) is 0 Å². The zero-order chi connectivity index (χ0) is 19.6. The van der Waals surface area contributed by atoms with Crippen LogP contribution in [0.25, 0.3) is 0 Å². The second-order valence-electron chi connectivity index (χ2n) is 5.79. The molecule has 27 heavy (non-hydrogen) atoms. The summed E-state index contributed by atoms with van der Waals surface area (Å²) in [5.74, 6) is -1.85. The number of hydrogen-bond acceptors (Lipinski definition) is 6.